The first-order chi connectivity index (χ1) is 30.7. The molecule has 66 heavy (non-hydrogen) atoms. The zero-order chi connectivity index (χ0) is 48.8. The van der Waals surface area contributed by atoms with E-state index < -0.39 is 151 Å². The molecule has 4 saturated carbocycles. The molecule has 2 unspecified atom stereocenters. The second-order valence-electron chi connectivity index (χ2n) is 23.0. The number of aliphatic hydroxyl groups excluding tert-OH is 12. The van der Waals surface area contributed by atoms with Crippen LogP contribution in [-0.2, 0) is 28.4 Å². The van der Waals surface area contributed by atoms with Crippen LogP contribution in [0.15, 0.2) is 11.6 Å². The van der Waals surface area contributed by atoms with E-state index in [2.05, 4.69) is 26.8 Å². The van der Waals surface area contributed by atoms with Crippen molar-refractivity contribution >= 4 is 0 Å². The van der Waals surface area contributed by atoms with Gasteiger partial charge in [-0.1, -0.05) is 46.3 Å². The minimum atomic E-state index is -1.75. The molecule has 3 saturated heterocycles. The van der Waals surface area contributed by atoms with Gasteiger partial charge >= 0.3 is 0 Å². The summed E-state index contributed by atoms with van der Waals surface area (Å²) in [4.78, 5) is 0. The molecule has 0 bridgehead atoms. The summed E-state index contributed by atoms with van der Waals surface area (Å²) in [6.45, 7) is 16.8. The van der Waals surface area contributed by atoms with Gasteiger partial charge in [-0.15, -0.1) is 0 Å². The highest BCUT2D eigenvalue weighted by atomic mass is 16.8. The number of aliphatic hydroxyl groups is 12. The average Bonchev–Trinajstić information content (AvgIpc) is 3.64. The molecule has 7 aliphatic rings. The van der Waals surface area contributed by atoms with Gasteiger partial charge in [0.1, 0.15) is 67.1 Å². The van der Waals surface area contributed by atoms with Crippen molar-refractivity contribution < 1.29 is 89.7 Å². The van der Waals surface area contributed by atoms with Crippen molar-refractivity contribution in [3.63, 3.8) is 0 Å². The standard InChI is InChI=1S/C48H82O18/c1-21(2)11-10-14-48(9,66-42-38(60)35(57)32(54)26(19-49)63-42)23-12-16-46(7)30(23)24(51)17-28-45(6)15-13-29(52)44(4,5)40(45)25(18-47(28,46)8)62-43-39(36(58)33(55)27(20-50)64-43)65-41-37(59)34(56)31(53)22(3)61-41/h11,22-43,49-60H,10,12-20H2,1-9H3/t22-,23-,24+,25-,26+,27+,28?,29-,30-,31-,32+,33+,34+,35-,36-,37+,38+,39+,40?,41-,42-,43+,45+,46+,47+,48-/m1/s1. The monoisotopic (exact) mass is 947 g/mol. The summed E-state index contributed by atoms with van der Waals surface area (Å²) in [5.41, 5.74) is -2.43. The summed E-state index contributed by atoms with van der Waals surface area (Å²) in [6.07, 6.45) is -18.3. The van der Waals surface area contributed by atoms with Crippen LogP contribution >= 0.6 is 0 Å². The van der Waals surface area contributed by atoms with Crippen molar-refractivity contribution in [2.24, 2.45) is 45.3 Å². The molecule has 26 atom stereocenters. The zero-order valence-electron chi connectivity index (χ0n) is 40.2. The maximum Gasteiger partial charge on any atom is 0.187 e. The molecular weight excluding hydrogens is 865 g/mol. The fourth-order valence-electron chi connectivity index (χ4n) is 14.9. The van der Waals surface area contributed by atoms with Crippen LogP contribution < -0.4 is 0 Å². The third-order valence-corrected chi connectivity index (χ3v) is 18.7. The highest BCUT2D eigenvalue weighted by Crippen LogP contribution is 2.76. The van der Waals surface area contributed by atoms with E-state index >= 15 is 0 Å². The number of allylic oxidation sites excluding steroid dienone is 2. The number of ether oxygens (including phenoxy) is 6. The Hall–Kier alpha value is -0.980. The van der Waals surface area contributed by atoms with Gasteiger partial charge in [-0.05, 0) is 124 Å². The minimum absolute atomic E-state index is 0.0861. The van der Waals surface area contributed by atoms with Gasteiger partial charge < -0.3 is 89.7 Å². The molecule has 7 rings (SSSR count). The lowest BCUT2D eigenvalue weighted by atomic mass is 9.34. The molecular formula is C48H82O18. The first-order valence-electron chi connectivity index (χ1n) is 24.3. The molecule has 0 spiro atoms. The van der Waals surface area contributed by atoms with Crippen molar-refractivity contribution in [1.29, 1.82) is 0 Å². The van der Waals surface area contributed by atoms with Crippen LogP contribution in [0, 0.1) is 45.3 Å². The second kappa shape index (κ2) is 19.2. The Labute approximate surface area is 388 Å². The molecule has 18 heteroatoms. The van der Waals surface area contributed by atoms with Gasteiger partial charge in [0, 0.05) is 0 Å². The topological polar surface area (TPSA) is 298 Å². The smallest absolute Gasteiger partial charge is 0.187 e. The van der Waals surface area contributed by atoms with Crippen LogP contribution in [0.1, 0.15) is 114 Å². The van der Waals surface area contributed by atoms with E-state index in [9.17, 15) is 61.3 Å². The Balaban J connectivity index is 1.27. The molecule has 3 heterocycles. The van der Waals surface area contributed by atoms with Gasteiger partial charge in [0.2, 0.25) is 0 Å². The van der Waals surface area contributed by atoms with Crippen molar-refractivity contribution in [2.45, 2.75) is 230 Å². The van der Waals surface area contributed by atoms with Gasteiger partial charge in [-0.25, -0.2) is 0 Å². The van der Waals surface area contributed by atoms with E-state index in [1.54, 1.807) is 0 Å². The maximum atomic E-state index is 12.7. The van der Waals surface area contributed by atoms with E-state index in [-0.39, 0.29) is 23.7 Å². The third-order valence-electron chi connectivity index (χ3n) is 18.7. The molecule has 0 aromatic rings. The van der Waals surface area contributed by atoms with Gasteiger partial charge in [0.05, 0.1) is 43.2 Å². The van der Waals surface area contributed by atoms with Gasteiger partial charge in [-0.3, -0.25) is 0 Å². The number of rotatable bonds is 12. The molecule has 0 radical (unpaired) electrons. The lowest BCUT2D eigenvalue weighted by Gasteiger charge is -2.72. The highest BCUT2D eigenvalue weighted by Gasteiger charge is 2.74. The fourth-order valence-corrected chi connectivity index (χ4v) is 14.9. The van der Waals surface area contributed by atoms with Crippen LogP contribution in [0.25, 0.3) is 0 Å². The lowest BCUT2D eigenvalue weighted by Crippen LogP contribution is -2.71. The molecule has 3 aliphatic heterocycles. The molecule has 18 nitrogen and oxygen atoms in total. The number of fused-ring (bicyclic) bond motifs is 5. The van der Waals surface area contributed by atoms with E-state index in [4.69, 9.17) is 28.4 Å². The summed E-state index contributed by atoms with van der Waals surface area (Å²) in [6, 6.07) is 0. The number of hydrogen-bond donors (Lipinski definition) is 12. The quantitative estimate of drug-likeness (QED) is 0.0904. The SMILES string of the molecule is CC(C)=CCC[C@@](C)(O[C@H]1O[C@@H](CO)[C@H](O)[C@@H](O)[C@@H]1O)[C@@H]1CC[C@@]2(C)[C@H]1[C@@H](O)CC1[C@]3(C)CC[C@@H](O)C(C)(C)C3[C@H](O[C@H]3O[C@@H](CO)[C@H](O)[C@@H](O)[C@@H]3O[C@H]3O[C@H](C)[C@@H](O)[C@H](O)[C@@H]3O)C[C@@]12C. The highest BCUT2D eigenvalue weighted by molar-refractivity contribution is 5.22. The molecule has 7 fully saturated rings. The van der Waals surface area contributed by atoms with E-state index in [0.29, 0.717) is 51.4 Å². The first-order valence-corrected chi connectivity index (χ1v) is 24.3. The Bertz CT molecular complexity index is 1700. The largest absolute Gasteiger partial charge is 0.394 e. The van der Waals surface area contributed by atoms with Crippen LogP contribution in [-0.4, -0.2) is 191 Å². The Kier molecular flexibility index (Phi) is 15.4. The van der Waals surface area contributed by atoms with Crippen molar-refractivity contribution in [3.05, 3.63) is 11.6 Å². The average molecular weight is 947 g/mol. The van der Waals surface area contributed by atoms with Crippen LogP contribution in [0.3, 0.4) is 0 Å². The summed E-state index contributed by atoms with van der Waals surface area (Å²) >= 11 is 0. The molecule has 12 N–H and O–H groups in total. The second-order valence-corrected chi connectivity index (χ2v) is 23.0. The first kappa shape index (κ1) is 52.8. The molecule has 0 amide bonds. The zero-order valence-corrected chi connectivity index (χ0v) is 40.2. The van der Waals surface area contributed by atoms with E-state index in [1.165, 1.54) is 6.92 Å². The normalized spacial score (nSPS) is 53.5. The van der Waals surface area contributed by atoms with Gasteiger partial charge in [-0.2, -0.15) is 0 Å². The Morgan fingerprint density at radius 1 is 0.682 bits per heavy atom. The minimum Gasteiger partial charge on any atom is -0.394 e. The fraction of sp³-hybridized carbons (Fsp3) is 0.958. The lowest BCUT2D eigenvalue weighted by molar-refractivity contribution is -0.382. The van der Waals surface area contributed by atoms with Gasteiger partial charge in [0.25, 0.3) is 0 Å². The van der Waals surface area contributed by atoms with E-state index in [0.717, 1.165) is 5.57 Å². The molecule has 4 aliphatic carbocycles. The summed E-state index contributed by atoms with van der Waals surface area (Å²) in [5, 5.41) is 132. The number of hydrogen-bond acceptors (Lipinski definition) is 18. The van der Waals surface area contributed by atoms with Crippen molar-refractivity contribution in [2.75, 3.05) is 13.2 Å². The maximum absolute atomic E-state index is 12.7. The summed E-state index contributed by atoms with van der Waals surface area (Å²) in [7, 11) is 0. The molecule has 0 aromatic heterocycles. The predicted octanol–water partition coefficient (Wildman–Crippen LogP) is -0.0284. The van der Waals surface area contributed by atoms with Crippen molar-refractivity contribution in [1.82, 2.24) is 0 Å². The molecule has 0 aromatic carbocycles. The van der Waals surface area contributed by atoms with Crippen molar-refractivity contribution in [3.8, 4) is 0 Å². The summed E-state index contributed by atoms with van der Waals surface area (Å²) < 4.78 is 38.1. The van der Waals surface area contributed by atoms with E-state index in [1.807, 2.05) is 34.6 Å². The third kappa shape index (κ3) is 8.69. The van der Waals surface area contributed by atoms with Crippen LogP contribution in [0.2, 0.25) is 0 Å². The summed E-state index contributed by atoms with van der Waals surface area (Å²) in [5.74, 6) is -1.12. The predicted molar refractivity (Wildman–Crippen MR) is 234 cm³/mol. The molecule has 382 valence electrons. The Morgan fingerprint density at radius 2 is 1.27 bits per heavy atom. The van der Waals surface area contributed by atoms with Crippen LogP contribution in [0.5, 0.6) is 0 Å². The van der Waals surface area contributed by atoms with Gasteiger partial charge in [0.15, 0.2) is 18.9 Å². The van der Waals surface area contributed by atoms with Crippen LogP contribution in [0.4, 0.5) is 0 Å². The Morgan fingerprint density at radius 3 is 1.89 bits per heavy atom.